The molecule has 0 N–H and O–H groups in total. The van der Waals surface area contributed by atoms with Crippen LogP contribution < -0.4 is 0 Å². The summed E-state index contributed by atoms with van der Waals surface area (Å²) in [6, 6.07) is 3.86. The Morgan fingerprint density at radius 3 is 3.00 bits per heavy atom. The Bertz CT molecular complexity index is 676. The van der Waals surface area contributed by atoms with Crippen LogP contribution in [0.1, 0.15) is 36.5 Å². The largest absolute Gasteiger partial charge is 0.469 e. The third-order valence-corrected chi connectivity index (χ3v) is 4.50. The highest BCUT2D eigenvalue weighted by atomic mass is 16.5. The molecule has 1 saturated heterocycles. The Morgan fingerprint density at radius 2 is 2.30 bits per heavy atom. The highest BCUT2D eigenvalue weighted by Gasteiger charge is 2.38. The van der Waals surface area contributed by atoms with E-state index in [0.717, 1.165) is 30.0 Å². The summed E-state index contributed by atoms with van der Waals surface area (Å²) in [6.07, 6.45) is 3.95. The van der Waals surface area contributed by atoms with Crippen LogP contribution in [0, 0.1) is 12.8 Å². The summed E-state index contributed by atoms with van der Waals surface area (Å²) < 4.78 is 13.1. The summed E-state index contributed by atoms with van der Waals surface area (Å²) in [5.41, 5.74) is 2.02. The first kappa shape index (κ1) is 15.8. The Labute approximate surface area is 136 Å². The predicted molar refractivity (Wildman–Crippen MR) is 84.6 cm³/mol. The highest BCUT2D eigenvalue weighted by molar-refractivity contribution is 5.79. The first-order chi connectivity index (χ1) is 11.1. The third kappa shape index (κ3) is 3.03. The van der Waals surface area contributed by atoms with Crippen LogP contribution in [0.3, 0.4) is 0 Å². The zero-order valence-corrected chi connectivity index (χ0v) is 13.9. The molecule has 2 aromatic heterocycles. The van der Waals surface area contributed by atoms with Crippen molar-refractivity contribution in [1.29, 1.82) is 0 Å². The standard InChI is InChI=1S/C17H23N3O3/c1-4-20-15(5-8-18-20)16-14(7-10-23-16)17(21)19(3)11-13-6-9-22-12(13)2/h5-6,8-9,14,16H,4,7,10-11H2,1-3H3/t14-,16-/m1/s1. The maximum atomic E-state index is 12.9. The topological polar surface area (TPSA) is 60.5 Å². The normalized spacial score (nSPS) is 20.8. The lowest BCUT2D eigenvalue weighted by atomic mass is 9.97. The smallest absolute Gasteiger partial charge is 0.228 e. The van der Waals surface area contributed by atoms with Crippen LogP contribution in [0.2, 0.25) is 0 Å². The summed E-state index contributed by atoms with van der Waals surface area (Å²) in [5, 5.41) is 4.29. The second-order valence-electron chi connectivity index (χ2n) is 5.95. The van der Waals surface area contributed by atoms with Crippen LogP contribution in [0.15, 0.2) is 29.0 Å². The van der Waals surface area contributed by atoms with E-state index in [1.165, 1.54) is 0 Å². The van der Waals surface area contributed by atoms with Crippen LogP contribution in [-0.2, 0) is 22.6 Å². The van der Waals surface area contributed by atoms with E-state index < -0.39 is 0 Å². The van der Waals surface area contributed by atoms with Crippen LogP contribution in [-0.4, -0.2) is 34.2 Å². The zero-order chi connectivity index (χ0) is 16.4. The van der Waals surface area contributed by atoms with Gasteiger partial charge in [0, 0.05) is 38.5 Å². The number of rotatable bonds is 5. The van der Waals surface area contributed by atoms with E-state index >= 15 is 0 Å². The zero-order valence-electron chi connectivity index (χ0n) is 13.9. The van der Waals surface area contributed by atoms with Crippen molar-refractivity contribution < 1.29 is 13.9 Å². The fourth-order valence-electron chi connectivity index (χ4n) is 3.17. The monoisotopic (exact) mass is 317 g/mol. The van der Waals surface area contributed by atoms with Crippen molar-refractivity contribution in [3.8, 4) is 0 Å². The molecule has 3 rings (SSSR count). The van der Waals surface area contributed by atoms with Gasteiger partial charge in [0.25, 0.3) is 0 Å². The molecule has 1 aliphatic rings. The molecule has 3 heterocycles. The SMILES string of the molecule is CCn1nccc1[C@@H]1OCC[C@H]1C(=O)N(C)Cc1ccoc1C. The van der Waals surface area contributed by atoms with Crippen molar-refractivity contribution in [2.75, 3.05) is 13.7 Å². The molecule has 2 aromatic rings. The summed E-state index contributed by atoms with van der Waals surface area (Å²) in [5.74, 6) is 0.805. The van der Waals surface area contributed by atoms with Gasteiger partial charge in [0.05, 0.1) is 17.9 Å². The second-order valence-corrected chi connectivity index (χ2v) is 5.95. The van der Waals surface area contributed by atoms with E-state index in [0.29, 0.717) is 13.2 Å². The molecule has 0 unspecified atom stereocenters. The number of ether oxygens (including phenoxy) is 1. The number of carbonyl (C=O) groups excluding carboxylic acids is 1. The number of aromatic nitrogens is 2. The fraction of sp³-hybridized carbons (Fsp3) is 0.529. The minimum Gasteiger partial charge on any atom is -0.469 e. The van der Waals surface area contributed by atoms with Gasteiger partial charge < -0.3 is 14.1 Å². The molecule has 1 amide bonds. The van der Waals surface area contributed by atoms with Gasteiger partial charge >= 0.3 is 0 Å². The molecule has 0 saturated carbocycles. The van der Waals surface area contributed by atoms with Gasteiger partial charge in [-0.2, -0.15) is 5.10 Å². The maximum absolute atomic E-state index is 12.9. The number of furan rings is 1. The van der Waals surface area contributed by atoms with Gasteiger partial charge in [0.1, 0.15) is 11.9 Å². The van der Waals surface area contributed by atoms with E-state index in [2.05, 4.69) is 5.10 Å². The lowest BCUT2D eigenvalue weighted by Gasteiger charge is -2.24. The lowest BCUT2D eigenvalue weighted by Crippen LogP contribution is -2.34. The summed E-state index contributed by atoms with van der Waals surface area (Å²) in [7, 11) is 1.83. The molecule has 124 valence electrons. The van der Waals surface area contributed by atoms with Crippen molar-refractivity contribution in [3.05, 3.63) is 41.6 Å². The number of carbonyl (C=O) groups is 1. The Morgan fingerprint density at radius 1 is 1.48 bits per heavy atom. The summed E-state index contributed by atoms with van der Waals surface area (Å²) in [6.45, 7) is 5.88. The molecule has 0 aromatic carbocycles. The molecule has 0 bridgehead atoms. The molecule has 6 nitrogen and oxygen atoms in total. The molecule has 0 aliphatic carbocycles. The Hall–Kier alpha value is -2.08. The van der Waals surface area contributed by atoms with Gasteiger partial charge in [-0.05, 0) is 32.4 Å². The Balaban J connectivity index is 1.74. The van der Waals surface area contributed by atoms with Crippen molar-refractivity contribution in [2.45, 2.75) is 39.5 Å². The fourth-order valence-corrected chi connectivity index (χ4v) is 3.17. The first-order valence-corrected chi connectivity index (χ1v) is 8.03. The molecule has 0 radical (unpaired) electrons. The van der Waals surface area contributed by atoms with Gasteiger partial charge in [-0.1, -0.05) is 0 Å². The van der Waals surface area contributed by atoms with Crippen molar-refractivity contribution in [1.82, 2.24) is 14.7 Å². The van der Waals surface area contributed by atoms with E-state index in [9.17, 15) is 4.79 Å². The lowest BCUT2D eigenvalue weighted by molar-refractivity contribution is -0.136. The second kappa shape index (κ2) is 6.58. The van der Waals surface area contributed by atoms with E-state index in [-0.39, 0.29) is 17.9 Å². The molecular formula is C17H23N3O3. The predicted octanol–water partition coefficient (Wildman–Crippen LogP) is 2.54. The molecule has 1 fully saturated rings. The molecule has 2 atom stereocenters. The average molecular weight is 317 g/mol. The number of aryl methyl sites for hydroxylation is 2. The number of amides is 1. The molecular weight excluding hydrogens is 294 g/mol. The van der Waals surface area contributed by atoms with Gasteiger partial charge in [-0.25, -0.2) is 0 Å². The van der Waals surface area contributed by atoms with Crippen molar-refractivity contribution in [2.24, 2.45) is 5.92 Å². The van der Waals surface area contributed by atoms with E-state index in [1.54, 1.807) is 17.4 Å². The average Bonchev–Trinajstić information content (AvgIpc) is 3.26. The molecule has 23 heavy (non-hydrogen) atoms. The van der Waals surface area contributed by atoms with Crippen LogP contribution >= 0.6 is 0 Å². The Kier molecular flexibility index (Phi) is 4.52. The maximum Gasteiger partial charge on any atom is 0.228 e. The minimum atomic E-state index is -0.210. The number of hydrogen-bond donors (Lipinski definition) is 0. The van der Waals surface area contributed by atoms with E-state index in [4.69, 9.17) is 9.15 Å². The highest BCUT2D eigenvalue weighted by Crippen LogP contribution is 2.35. The third-order valence-electron chi connectivity index (χ3n) is 4.50. The van der Waals surface area contributed by atoms with Crippen LogP contribution in [0.4, 0.5) is 0 Å². The van der Waals surface area contributed by atoms with Crippen molar-refractivity contribution >= 4 is 5.91 Å². The minimum absolute atomic E-state index is 0.108. The van der Waals surface area contributed by atoms with Gasteiger partial charge in [-0.3, -0.25) is 9.48 Å². The van der Waals surface area contributed by atoms with Gasteiger partial charge in [-0.15, -0.1) is 0 Å². The molecule has 6 heteroatoms. The van der Waals surface area contributed by atoms with Crippen molar-refractivity contribution in [3.63, 3.8) is 0 Å². The summed E-state index contributed by atoms with van der Waals surface area (Å²) in [4.78, 5) is 14.6. The van der Waals surface area contributed by atoms with E-state index in [1.807, 2.05) is 37.7 Å². The van der Waals surface area contributed by atoms with Crippen LogP contribution in [0.25, 0.3) is 0 Å². The number of nitrogens with zero attached hydrogens (tertiary/aromatic N) is 3. The van der Waals surface area contributed by atoms with Gasteiger partial charge in [0.2, 0.25) is 5.91 Å². The summed E-state index contributed by atoms with van der Waals surface area (Å²) >= 11 is 0. The van der Waals surface area contributed by atoms with Crippen LogP contribution in [0.5, 0.6) is 0 Å². The number of hydrogen-bond acceptors (Lipinski definition) is 4. The molecule has 0 spiro atoms. The first-order valence-electron chi connectivity index (χ1n) is 8.03. The molecule has 1 aliphatic heterocycles. The quantitative estimate of drug-likeness (QED) is 0.850. The van der Waals surface area contributed by atoms with Gasteiger partial charge in [0.15, 0.2) is 0 Å².